The number of aromatic amines is 1. The van der Waals surface area contributed by atoms with Crippen LogP contribution in [0.3, 0.4) is 0 Å². The molecule has 1 aromatic rings. The van der Waals surface area contributed by atoms with Crippen LogP contribution in [0.25, 0.3) is 0 Å². The number of esters is 1. The van der Waals surface area contributed by atoms with E-state index in [1.165, 1.54) is 16.3 Å². The highest BCUT2D eigenvalue weighted by atomic mass is 32.2. The van der Waals surface area contributed by atoms with E-state index in [0.29, 0.717) is 5.16 Å². The van der Waals surface area contributed by atoms with Crippen molar-refractivity contribution < 1.29 is 9.53 Å². The lowest BCUT2D eigenvalue weighted by Gasteiger charge is -2.22. The largest absolute Gasteiger partial charge is 0.459 e. The van der Waals surface area contributed by atoms with Crippen LogP contribution in [0.5, 0.6) is 0 Å². The van der Waals surface area contributed by atoms with Crippen LogP contribution in [0.2, 0.25) is 0 Å². The van der Waals surface area contributed by atoms with Crippen LogP contribution >= 0.6 is 11.8 Å². The molecule has 0 bridgehead atoms. The first-order chi connectivity index (χ1) is 8.61. The molecule has 0 aliphatic carbocycles. The molecule has 0 aromatic carbocycles. The number of nitrogens with zero attached hydrogens (tertiary/aromatic N) is 2. The number of hydrogen-bond donors (Lipinski definition) is 1. The summed E-state index contributed by atoms with van der Waals surface area (Å²) in [6.45, 7) is 11.0. The van der Waals surface area contributed by atoms with Crippen molar-refractivity contribution in [2.45, 2.75) is 63.6 Å². The van der Waals surface area contributed by atoms with Gasteiger partial charge < -0.3 is 4.74 Å². The topological polar surface area (TPSA) is 77.0 Å². The maximum absolute atomic E-state index is 11.9. The van der Waals surface area contributed by atoms with Gasteiger partial charge in [0.05, 0.1) is 0 Å². The summed E-state index contributed by atoms with van der Waals surface area (Å²) in [7, 11) is 0. The molecule has 7 heteroatoms. The quantitative estimate of drug-likeness (QED) is 0.677. The van der Waals surface area contributed by atoms with E-state index >= 15 is 0 Å². The van der Waals surface area contributed by atoms with Gasteiger partial charge in [0.2, 0.25) is 0 Å². The fourth-order valence-corrected chi connectivity index (χ4v) is 2.39. The second kappa shape index (κ2) is 5.81. The SMILES string of the molecule is CC(Sc1n[nH]c(=O)n1C(C)C)C(=O)OC(C)(C)C. The number of rotatable bonds is 4. The highest BCUT2D eigenvalue weighted by Crippen LogP contribution is 2.24. The number of H-pyrrole nitrogens is 1. The summed E-state index contributed by atoms with van der Waals surface area (Å²) in [5, 5.41) is 6.41. The Kier molecular flexibility index (Phi) is 4.84. The molecule has 19 heavy (non-hydrogen) atoms. The number of carbonyl (C=O) groups is 1. The molecule has 1 N–H and O–H groups in total. The Labute approximate surface area is 116 Å². The molecule has 0 aliphatic rings. The van der Waals surface area contributed by atoms with Crippen molar-refractivity contribution in [2.75, 3.05) is 0 Å². The lowest BCUT2D eigenvalue weighted by molar-refractivity contribution is -0.153. The number of nitrogens with one attached hydrogen (secondary N) is 1. The first kappa shape index (κ1) is 15.8. The molecule has 0 radical (unpaired) electrons. The monoisotopic (exact) mass is 287 g/mol. The van der Waals surface area contributed by atoms with Gasteiger partial charge in [-0.1, -0.05) is 11.8 Å². The van der Waals surface area contributed by atoms with Crippen molar-refractivity contribution in [1.82, 2.24) is 14.8 Å². The van der Waals surface area contributed by atoms with Gasteiger partial charge in [-0.25, -0.2) is 9.89 Å². The molecule has 6 nitrogen and oxygen atoms in total. The van der Waals surface area contributed by atoms with Gasteiger partial charge in [0.15, 0.2) is 5.16 Å². The van der Waals surface area contributed by atoms with E-state index in [4.69, 9.17) is 4.74 Å². The normalized spacial score (nSPS) is 13.6. The fraction of sp³-hybridized carbons (Fsp3) is 0.750. The van der Waals surface area contributed by atoms with Crippen molar-refractivity contribution in [3.63, 3.8) is 0 Å². The van der Waals surface area contributed by atoms with Crippen LogP contribution in [0.1, 0.15) is 47.6 Å². The minimum Gasteiger partial charge on any atom is -0.459 e. The minimum atomic E-state index is -0.519. The van der Waals surface area contributed by atoms with Gasteiger partial charge in [0.1, 0.15) is 10.9 Å². The summed E-state index contributed by atoms with van der Waals surface area (Å²) < 4.78 is 6.81. The van der Waals surface area contributed by atoms with Crippen LogP contribution in [0.4, 0.5) is 0 Å². The summed E-state index contributed by atoms with van der Waals surface area (Å²) in [5.41, 5.74) is -0.788. The summed E-state index contributed by atoms with van der Waals surface area (Å²) >= 11 is 1.21. The predicted octanol–water partition coefficient (Wildman–Crippen LogP) is 1.97. The Morgan fingerprint density at radius 3 is 2.42 bits per heavy atom. The predicted molar refractivity (Wildman–Crippen MR) is 74.4 cm³/mol. The molecule has 1 rings (SSSR count). The van der Waals surface area contributed by atoms with E-state index in [1.54, 1.807) is 6.92 Å². The molecule has 1 unspecified atom stereocenters. The highest BCUT2D eigenvalue weighted by molar-refractivity contribution is 8.00. The molecule has 0 fully saturated rings. The Hall–Kier alpha value is -1.24. The third-order valence-corrected chi connectivity index (χ3v) is 3.25. The minimum absolute atomic E-state index is 0.0143. The summed E-state index contributed by atoms with van der Waals surface area (Å²) in [6, 6.07) is -0.0143. The van der Waals surface area contributed by atoms with Gasteiger partial charge in [0, 0.05) is 6.04 Å². The van der Waals surface area contributed by atoms with E-state index in [2.05, 4.69) is 10.2 Å². The lowest BCUT2D eigenvalue weighted by atomic mass is 10.2. The van der Waals surface area contributed by atoms with E-state index in [0.717, 1.165) is 0 Å². The first-order valence-electron chi connectivity index (χ1n) is 6.18. The molecule has 0 saturated heterocycles. The maximum Gasteiger partial charge on any atom is 0.344 e. The van der Waals surface area contributed by atoms with Crippen LogP contribution in [0.15, 0.2) is 9.95 Å². The van der Waals surface area contributed by atoms with E-state index in [-0.39, 0.29) is 17.7 Å². The molecule has 0 saturated carbocycles. The molecule has 0 aliphatic heterocycles. The molecule has 1 aromatic heterocycles. The van der Waals surface area contributed by atoms with E-state index in [1.807, 2.05) is 34.6 Å². The van der Waals surface area contributed by atoms with Gasteiger partial charge in [-0.15, -0.1) is 5.10 Å². The first-order valence-corrected chi connectivity index (χ1v) is 7.06. The zero-order valence-electron chi connectivity index (χ0n) is 12.2. The van der Waals surface area contributed by atoms with Crippen molar-refractivity contribution in [2.24, 2.45) is 0 Å². The van der Waals surface area contributed by atoms with Gasteiger partial charge >= 0.3 is 11.7 Å². The van der Waals surface area contributed by atoms with Gasteiger partial charge in [0.25, 0.3) is 0 Å². The smallest absolute Gasteiger partial charge is 0.344 e. The number of carbonyl (C=O) groups excluding carboxylic acids is 1. The Morgan fingerprint density at radius 2 is 1.95 bits per heavy atom. The highest BCUT2D eigenvalue weighted by Gasteiger charge is 2.25. The molecular weight excluding hydrogens is 266 g/mol. The molecule has 0 spiro atoms. The number of hydrogen-bond acceptors (Lipinski definition) is 5. The second-order valence-electron chi connectivity index (χ2n) is 5.57. The average molecular weight is 287 g/mol. The fourth-order valence-electron chi connectivity index (χ4n) is 1.42. The maximum atomic E-state index is 11.9. The van der Waals surface area contributed by atoms with Crippen LogP contribution in [-0.4, -0.2) is 31.6 Å². The van der Waals surface area contributed by atoms with E-state index < -0.39 is 10.9 Å². The van der Waals surface area contributed by atoms with Crippen molar-refractivity contribution >= 4 is 17.7 Å². The Balaban J connectivity index is 2.80. The van der Waals surface area contributed by atoms with Crippen molar-refractivity contribution in [1.29, 1.82) is 0 Å². The number of thioether (sulfide) groups is 1. The van der Waals surface area contributed by atoms with Crippen LogP contribution in [0, 0.1) is 0 Å². The zero-order valence-corrected chi connectivity index (χ0v) is 13.0. The average Bonchev–Trinajstić information content (AvgIpc) is 2.57. The summed E-state index contributed by atoms with van der Waals surface area (Å²) in [5.74, 6) is -0.316. The molecule has 108 valence electrons. The van der Waals surface area contributed by atoms with Gasteiger partial charge in [-0.3, -0.25) is 9.36 Å². The summed E-state index contributed by atoms with van der Waals surface area (Å²) in [4.78, 5) is 23.5. The number of aromatic nitrogens is 3. The van der Waals surface area contributed by atoms with Crippen molar-refractivity contribution in [3.8, 4) is 0 Å². The third kappa shape index (κ3) is 4.41. The van der Waals surface area contributed by atoms with Crippen LogP contribution < -0.4 is 5.69 Å². The molecule has 0 amide bonds. The van der Waals surface area contributed by atoms with Crippen LogP contribution in [-0.2, 0) is 9.53 Å². The second-order valence-corrected chi connectivity index (χ2v) is 6.88. The number of ether oxygens (including phenoxy) is 1. The van der Waals surface area contributed by atoms with Gasteiger partial charge in [-0.2, -0.15) is 0 Å². The zero-order chi connectivity index (χ0) is 14.8. The van der Waals surface area contributed by atoms with Crippen molar-refractivity contribution in [3.05, 3.63) is 10.5 Å². The molecule has 1 atom stereocenters. The molecule has 1 heterocycles. The summed E-state index contributed by atoms with van der Waals surface area (Å²) in [6.07, 6.45) is 0. The Morgan fingerprint density at radius 1 is 1.37 bits per heavy atom. The Bertz CT molecular complexity index is 499. The van der Waals surface area contributed by atoms with Gasteiger partial charge in [-0.05, 0) is 41.5 Å². The third-order valence-electron chi connectivity index (χ3n) is 2.21. The standard InChI is InChI=1S/C12H21N3O3S/c1-7(2)15-10(17)13-14-11(15)19-8(3)9(16)18-12(4,5)6/h7-8H,1-6H3,(H,13,17). The molecular formula is C12H21N3O3S. The lowest BCUT2D eigenvalue weighted by Crippen LogP contribution is -2.29. The van der Waals surface area contributed by atoms with E-state index in [9.17, 15) is 9.59 Å².